The highest BCUT2D eigenvalue weighted by atomic mass is 16.6. The van der Waals surface area contributed by atoms with Gasteiger partial charge in [0.2, 0.25) is 5.75 Å². The maximum absolute atomic E-state index is 12.9. The lowest BCUT2D eigenvalue weighted by atomic mass is 9.98. The molecule has 0 radical (unpaired) electrons. The second kappa shape index (κ2) is 9.70. The molecule has 1 aliphatic rings. The van der Waals surface area contributed by atoms with Crippen LogP contribution < -0.4 is 19.5 Å². The molecular formula is C27H25N3O4. The van der Waals surface area contributed by atoms with E-state index in [1.807, 2.05) is 35.1 Å². The van der Waals surface area contributed by atoms with Gasteiger partial charge in [-0.05, 0) is 40.5 Å². The zero-order valence-corrected chi connectivity index (χ0v) is 18.9. The Hall–Kier alpha value is -4.26. The van der Waals surface area contributed by atoms with Crippen molar-refractivity contribution in [2.75, 3.05) is 20.3 Å². The van der Waals surface area contributed by atoms with Crippen molar-refractivity contribution in [1.82, 2.24) is 15.1 Å². The van der Waals surface area contributed by atoms with Crippen molar-refractivity contribution in [2.24, 2.45) is 0 Å². The van der Waals surface area contributed by atoms with Gasteiger partial charge in [0.15, 0.2) is 11.5 Å². The smallest absolute Gasteiger partial charge is 0.251 e. The zero-order chi connectivity index (χ0) is 23.3. The molecule has 0 saturated heterocycles. The molecule has 4 aromatic rings. The Labute approximate surface area is 197 Å². The minimum absolute atomic E-state index is 0.209. The van der Waals surface area contributed by atoms with Crippen molar-refractivity contribution in [3.63, 3.8) is 0 Å². The van der Waals surface area contributed by atoms with Crippen LogP contribution >= 0.6 is 0 Å². The first kappa shape index (κ1) is 21.6. The number of benzene rings is 3. The Kier molecular flexibility index (Phi) is 6.16. The number of nitrogens with one attached hydrogen (secondary N) is 1. The van der Waals surface area contributed by atoms with E-state index in [1.54, 1.807) is 25.4 Å². The monoisotopic (exact) mass is 455 g/mol. The van der Waals surface area contributed by atoms with Crippen LogP contribution in [-0.2, 0) is 13.1 Å². The molecule has 0 saturated carbocycles. The van der Waals surface area contributed by atoms with E-state index in [1.165, 1.54) is 5.56 Å². The Morgan fingerprint density at radius 3 is 2.68 bits per heavy atom. The lowest BCUT2D eigenvalue weighted by Gasteiger charge is -2.21. The fourth-order valence-corrected chi connectivity index (χ4v) is 4.01. The maximum Gasteiger partial charge on any atom is 0.251 e. The number of hydrogen-bond acceptors (Lipinski definition) is 5. The van der Waals surface area contributed by atoms with Gasteiger partial charge in [-0.25, -0.2) is 0 Å². The average molecular weight is 456 g/mol. The van der Waals surface area contributed by atoms with E-state index in [0.29, 0.717) is 42.6 Å². The summed E-state index contributed by atoms with van der Waals surface area (Å²) >= 11 is 0. The number of amides is 1. The maximum atomic E-state index is 12.9. The molecule has 1 N–H and O–H groups in total. The van der Waals surface area contributed by atoms with Crippen molar-refractivity contribution < 1.29 is 19.0 Å². The lowest BCUT2D eigenvalue weighted by molar-refractivity contribution is 0.0949. The highest BCUT2D eigenvalue weighted by Crippen LogP contribution is 2.40. The predicted octanol–water partition coefficient (Wildman–Crippen LogP) is 4.31. The molecule has 1 aromatic heterocycles. The molecule has 0 atom stereocenters. The summed E-state index contributed by atoms with van der Waals surface area (Å²) < 4.78 is 18.6. The van der Waals surface area contributed by atoms with Gasteiger partial charge in [0, 0.05) is 24.5 Å². The predicted molar refractivity (Wildman–Crippen MR) is 128 cm³/mol. The number of carbonyl (C=O) groups excluding carboxylic acids is 1. The lowest BCUT2D eigenvalue weighted by Crippen LogP contribution is -2.24. The third-order valence-electron chi connectivity index (χ3n) is 5.72. The zero-order valence-electron chi connectivity index (χ0n) is 18.9. The van der Waals surface area contributed by atoms with Crippen LogP contribution in [0.2, 0.25) is 0 Å². The van der Waals surface area contributed by atoms with Gasteiger partial charge >= 0.3 is 0 Å². The second-order valence-corrected chi connectivity index (χ2v) is 7.94. The average Bonchev–Trinajstić information content (AvgIpc) is 3.40. The largest absolute Gasteiger partial charge is 0.493 e. The van der Waals surface area contributed by atoms with E-state index < -0.39 is 0 Å². The molecule has 0 unspecified atom stereocenters. The molecule has 2 heterocycles. The Morgan fingerprint density at radius 2 is 1.88 bits per heavy atom. The normalized spacial score (nSPS) is 12.3. The molecule has 1 amide bonds. The van der Waals surface area contributed by atoms with Gasteiger partial charge in [-0.2, -0.15) is 5.10 Å². The number of nitrogens with zero attached hydrogens (tertiary/aromatic N) is 2. The molecule has 7 heteroatoms. The van der Waals surface area contributed by atoms with Crippen LogP contribution in [0.1, 0.15) is 21.5 Å². The summed E-state index contributed by atoms with van der Waals surface area (Å²) in [5.74, 6) is 1.33. The van der Waals surface area contributed by atoms with Gasteiger partial charge in [-0.1, -0.05) is 48.5 Å². The van der Waals surface area contributed by atoms with Gasteiger partial charge in [0.25, 0.3) is 5.91 Å². The van der Waals surface area contributed by atoms with Crippen LogP contribution in [0.4, 0.5) is 0 Å². The summed E-state index contributed by atoms with van der Waals surface area (Å²) in [6.07, 6.45) is 3.73. The first-order chi connectivity index (χ1) is 16.7. The molecular weight excluding hydrogens is 430 g/mol. The van der Waals surface area contributed by atoms with E-state index in [2.05, 4.69) is 40.7 Å². The summed E-state index contributed by atoms with van der Waals surface area (Å²) in [7, 11) is 1.55. The quantitative estimate of drug-likeness (QED) is 0.450. The number of hydrogen-bond donors (Lipinski definition) is 1. The number of aromatic nitrogens is 2. The molecule has 0 spiro atoms. The summed E-state index contributed by atoms with van der Waals surface area (Å²) in [6.45, 7) is 2.01. The Morgan fingerprint density at radius 1 is 1.06 bits per heavy atom. The fourth-order valence-electron chi connectivity index (χ4n) is 4.01. The van der Waals surface area contributed by atoms with Gasteiger partial charge in [0.1, 0.15) is 13.2 Å². The minimum atomic E-state index is -0.209. The number of carbonyl (C=O) groups is 1. The van der Waals surface area contributed by atoms with E-state index in [4.69, 9.17) is 14.2 Å². The third-order valence-corrected chi connectivity index (χ3v) is 5.72. The molecule has 0 bridgehead atoms. The molecule has 1 aliphatic heterocycles. The van der Waals surface area contributed by atoms with E-state index in [0.717, 1.165) is 23.2 Å². The first-order valence-electron chi connectivity index (χ1n) is 11.1. The molecule has 34 heavy (non-hydrogen) atoms. The van der Waals surface area contributed by atoms with Crippen LogP contribution in [-0.4, -0.2) is 36.0 Å². The summed E-state index contributed by atoms with van der Waals surface area (Å²) in [5, 5.41) is 7.28. The highest BCUT2D eigenvalue weighted by Gasteiger charge is 2.21. The third kappa shape index (κ3) is 4.59. The molecule has 172 valence electrons. The number of rotatable bonds is 7. The summed E-state index contributed by atoms with van der Waals surface area (Å²) in [4.78, 5) is 12.9. The summed E-state index contributed by atoms with van der Waals surface area (Å²) in [5.41, 5.74) is 4.83. The first-order valence-corrected chi connectivity index (χ1v) is 11.1. The fraction of sp³-hybridized carbons (Fsp3) is 0.185. The van der Waals surface area contributed by atoms with Crippen LogP contribution in [0, 0.1) is 0 Å². The summed E-state index contributed by atoms with van der Waals surface area (Å²) in [6, 6.07) is 21.8. The van der Waals surface area contributed by atoms with Gasteiger partial charge in [-0.3, -0.25) is 9.48 Å². The standard InChI is InChI=1S/C27H25N3O4/c1-32-24-15-22(16-25-26(24)34-14-13-33-25)27(31)28-17-21-5-2-3-6-23(21)20-9-7-19(8-10-20)18-30-12-4-11-29-30/h2-12,15-16H,13-14,17-18H2,1H3,(H,28,31). The van der Waals surface area contributed by atoms with E-state index in [-0.39, 0.29) is 5.91 Å². The van der Waals surface area contributed by atoms with Crippen molar-refractivity contribution in [3.05, 3.63) is 95.8 Å². The highest BCUT2D eigenvalue weighted by molar-refractivity contribution is 5.95. The second-order valence-electron chi connectivity index (χ2n) is 7.94. The molecule has 3 aromatic carbocycles. The van der Waals surface area contributed by atoms with Crippen molar-refractivity contribution in [1.29, 1.82) is 0 Å². The van der Waals surface area contributed by atoms with Gasteiger partial charge in [-0.15, -0.1) is 0 Å². The van der Waals surface area contributed by atoms with Crippen LogP contribution in [0.5, 0.6) is 17.2 Å². The van der Waals surface area contributed by atoms with E-state index in [9.17, 15) is 4.79 Å². The molecule has 5 rings (SSSR count). The number of fused-ring (bicyclic) bond motifs is 1. The topological polar surface area (TPSA) is 74.6 Å². The number of methoxy groups -OCH3 is 1. The Bertz CT molecular complexity index is 1270. The van der Waals surface area contributed by atoms with Crippen molar-refractivity contribution >= 4 is 5.91 Å². The Balaban J connectivity index is 1.31. The van der Waals surface area contributed by atoms with Crippen LogP contribution in [0.15, 0.2) is 79.1 Å². The SMILES string of the molecule is COc1cc(C(=O)NCc2ccccc2-c2ccc(Cn3cccn3)cc2)cc2c1OCCO2. The van der Waals surface area contributed by atoms with Crippen LogP contribution in [0.25, 0.3) is 11.1 Å². The van der Waals surface area contributed by atoms with Gasteiger partial charge in [0.05, 0.1) is 13.7 Å². The molecule has 0 aliphatic carbocycles. The van der Waals surface area contributed by atoms with Crippen molar-refractivity contribution in [3.8, 4) is 28.4 Å². The van der Waals surface area contributed by atoms with Crippen molar-refractivity contribution in [2.45, 2.75) is 13.1 Å². The number of ether oxygens (including phenoxy) is 3. The molecule has 7 nitrogen and oxygen atoms in total. The van der Waals surface area contributed by atoms with E-state index >= 15 is 0 Å². The minimum Gasteiger partial charge on any atom is -0.493 e. The molecule has 0 fully saturated rings. The van der Waals surface area contributed by atoms with Gasteiger partial charge < -0.3 is 19.5 Å². The van der Waals surface area contributed by atoms with Crippen LogP contribution in [0.3, 0.4) is 0 Å².